The molecule has 28 heavy (non-hydrogen) atoms. The minimum Gasteiger partial charge on any atom is -0.325 e. The Hall–Kier alpha value is -1.62. The van der Waals surface area contributed by atoms with Gasteiger partial charge in [-0.3, -0.25) is 4.79 Å². The summed E-state index contributed by atoms with van der Waals surface area (Å²) in [5.74, 6) is -1.40. The molecule has 1 saturated heterocycles. The van der Waals surface area contributed by atoms with E-state index in [1.165, 1.54) is 16.4 Å². The number of benzene rings is 1. The van der Waals surface area contributed by atoms with Crippen LogP contribution in [0.2, 0.25) is 5.02 Å². The third-order valence-electron chi connectivity index (χ3n) is 4.39. The third-order valence-corrected chi connectivity index (χ3v) is 7.86. The summed E-state index contributed by atoms with van der Waals surface area (Å²) >= 11 is 6.72. The second-order valence-electron chi connectivity index (χ2n) is 6.31. The van der Waals surface area contributed by atoms with Gasteiger partial charge in [-0.2, -0.15) is 17.5 Å². The molecule has 1 amide bonds. The normalized spacial score (nSPS) is 18.8. The Morgan fingerprint density at radius 2 is 2.04 bits per heavy atom. The van der Waals surface area contributed by atoms with E-state index in [2.05, 4.69) is 5.32 Å². The molecule has 152 valence electrons. The molecule has 1 aliphatic heterocycles. The van der Waals surface area contributed by atoms with Gasteiger partial charge in [0.1, 0.15) is 4.21 Å². The number of thiophene rings is 1. The van der Waals surface area contributed by atoms with Gasteiger partial charge >= 0.3 is 6.18 Å². The highest BCUT2D eigenvalue weighted by molar-refractivity contribution is 7.91. The minimum atomic E-state index is -4.69. The Balaban J connectivity index is 1.77. The van der Waals surface area contributed by atoms with Crippen LogP contribution in [-0.4, -0.2) is 31.7 Å². The van der Waals surface area contributed by atoms with Crippen LogP contribution in [0.3, 0.4) is 0 Å². The van der Waals surface area contributed by atoms with Gasteiger partial charge in [0.15, 0.2) is 0 Å². The van der Waals surface area contributed by atoms with Gasteiger partial charge in [0, 0.05) is 18.1 Å². The number of piperidine rings is 1. The maximum atomic E-state index is 13.2. The first-order valence-corrected chi connectivity index (χ1v) is 11.0. The number of rotatable bonds is 4. The number of amides is 1. The molecular formula is C17H16ClF3N2O3S2. The van der Waals surface area contributed by atoms with E-state index in [4.69, 9.17) is 11.6 Å². The molecule has 0 aliphatic carbocycles. The van der Waals surface area contributed by atoms with Gasteiger partial charge in [0.05, 0.1) is 17.2 Å². The molecule has 1 aromatic carbocycles. The number of hydrogen-bond donors (Lipinski definition) is 1. The molecule has 0 saturated carbocycles. The smallest absolute Gasteiger partial charge is 0.325 e. The van der Waals surface area contributed by atoms with Gasteiger partial charge in [0.2, 0.25) is 5.91 Å². The van der Waals surface area contributed by atoms with Crippen molar-refractivity contribution in [2.75, 3.05) is 18.4 Å². The Morgan fingerprint density at radius 3 is 2.68 bits per heavy atom. The summed E-state index contributed by atoms with van der Waals surface area (Å²) in [5.41, 5.74) is -1.45. The molecule has 11 heteroatoms. The highest BCUT2D eigenvalue weighted by atomic mass is 35.5. The summed E-state index contributed by atoms with van der Waals surface area (Å²) in [6, 6.07) is 6.18. The van der Waals surface area contributed by atoms with Crippen LogP contribution < -0.4 is 5.32 Å². The first-order valence-electron chi connectivity index (χ1n) is 8.30. The third kappa shape index (κ3) is 4.51. The topological polar surface area (TPSA) is 66.5 Å². The molecule has 2 aromatic rings. The predicted molar refractivity (Wildman–Crippen MR) is 101 cm³/mol. The van der Waals surface area contributed by atoms with Crippen molar-refractivity contribution in [1.29, 1.82) is 0 Å². The van der Waals surface area contributed by atoms with Crippen molar-refractivity contribution in [3.8, 4) is 0 Å². The maximum Gasteiger partial charge on any atom is 0.418 e. The lowest BCUT2D eigenvalue weighted by molar-refractivity contribution is -0.137. The standard InChI is InChI=1S/C17H16ClF3N2O3S2/c18-12-5-6-14(13(9-12)17(19,20)21)22-16(24)11-3-1-7-23(10-11)28(25,26)15-4-2-8-27-15/h2,4-6,8-9,11H,1,3,7,10H2,(H,22,24). The van der Waals surface area contributed by atoms with Crippen molar-refractivity contribution in [1.82, 2.24) is 4.31 Å². The number of halogens is 4. The molecular weight excluding hydrogens is 437 g/mol. The summed E-state index contributed by atoms with van der Waals surface area (Å²) in [5, 5.41) is 3.82. The molecule has 3 rings (SSSR count). The van der Waals surface area contributed by atoms with E-state index in [0.29, 0.717) is 12.8 Å². The lowest BCUT2D eigenvalue weighted by Crippen LogP contribution is -2.43. The van der Waals surface area contributed by atoms with Crippen molar-refractivity contribution in [2.45, 2.75) is 23.2 Å². The van der Waals surface area contributed by atoms with Gasteiger partial charge in [-0.1, -0.05) is 17.7 Å². The highest BCUT2D eigenvalue weighted by Crippen LogP contribution is 2.37. The van der Waals surface area contributed by atoms with Crippen LogP contribution in [0.15, 0.2) is 39.9 Å². The number of carbonyl (C=O) groups is 1. The largest absolute Gasteiger partial charge is 0.418 e. The van der Waals surface area contributed by atoms with Gasteiger partial charge in [-0.15, -0.1) is 11.3 Å². The molecule has 0 bridgehead atoms. The molecule has 1 atom stereocenters. The van der Waals surface area contributed by atoms with Crippen molar-refractivity contribution >= 4 is 44.6 Å². The summed E-state index contributed by atoms with van der Waals surface area (Å²) in [4.78, 5) is 12.6. The van der Waals surface area contributed by atoms with Crippen molar-refractivity contribution in [2.24, 2.45) is 5.92 Å². The molecule has 0 radical (unpaired) electrons. The monoisotopic (exact) mass is 452 g/mol. The van der Waals surface area contributed by atoms with Crippen LogP contribution in [0.4, 0.5) is 18.9 Å². The van der Waals surface area contributed by atoms with Crippen LogP contribution >= 0.6 is 22.9 Å². The molecule has 1 aromatic heterocycles. The quantitative estimate of drug-likeness (QED) is 0.744. The van der Waals surface area contributed by atoms with E-state index >= 15 is 0 Å². The average Bonchev–Trinajstić information content (AvgIpc) is 3.18. The Morgan fingerprint density at radius 1 is 1.29 bits per heavy atom. The Kier molecular flexibility index (Phi) is 6.04. The molecule has 1 fully saturated rings. The van der Waals surface area contributed by atoms with Crippen LogP contribution in [-0.2, 0) is 21.0 Å². The zero-order valence-electron chi connectivity index (χ0n) is 14.4. The summed E-state index contributed by atoms with van der Waals surface area (Å²) < 4.78 is 66.3. The van der Waals surface area contributed by atoms with E-state index in [0.717, 1.165) is 23.5 Å². The zero-order chi connectivity index (χ0) is 20.5. The molecule has 1 aliphatic rings. The summed E-state index contributed by atoms with van der Waals surface area (Å²) in [7, 11) is -3.72. The Bertz CT molecular complexity index is 963. The van der Waals surface area contributed by atoms with E-state index in [1.54, 1.807) is 11.4 Å². The fraction of sp³-hybridized carbons (Fsp3) is 0.353. The van der Waals surface area contributed by atoms with Crippen LogP contribution in [0, 0.1) is 5.92 Å². The number of alkyl halides is 3. The van der Waals surface area contributed by atoms with Crippen LogP contribution in [0.1, 0.15) is 18.4 Å². The first kappa shape index (κ1) is 21.1. The first-order chi connectivity index (χ1) is 13.1. The lowest BCUT2D eigenvalue weighted by Gasteiger charge is -2.31. The van der Waals surface area contributed by atoms with E-state index < -0.39 is 39.3 Å². The zero-order valence-corrected chi connectivity index (χ0v) is 16.8. The second kappa shape index (κ2) is 8.02. The van der Waals surface area contributed by atoms with Gasteiger partial charge in [-0.25, -0.2) is 8.42 Å². The summed E-state index contributed by atoms with van der Waals surface area (Å²) in [6.07, 6.45) is -3.86. The van der Waals surface area contributed by atoms with Gasteiger partial charge < -0.3 is 5.32 Å². The van der Waals surface area contributed by atoms with E-state index in [9.17, 15) is 26.4 Å². The molecule has 2 heterocycles. The lowest BCUT2D eigenvalue weighted by atomic mass is 9.98. The Labute approximate surface area is 169 Å². The maximum absolute atomic E-state index is 13.2. The van der Waals surface area contributed by atoms with Crippen molar-refractivity contribution < 1.29 is 26.4 Å². The fourth-order valence-electron chi connectivity index (χ4n) is 3.01. The highest BCUT2D eigenvalue weighted by Gasteiger charge is 2.37. The number of nitrogens with one attached hydrogen (secondary N) is 1. The van der Waals surface area contributed by atoms with Crippen LogP contribution in [0.25, 0.3) is 0 Å². The number of sulfonamides is 1. The molecule has 1 unspecified atom stereocenters. The SMILES string of the molecule is O=C(Nc1ccc(Cl)cc1C(F)(F)F)C1CCCN(S(=O)(=O)c2cccs2)C1. The predicted octanol–water partition coefficient (Wildman–Crippen LogP) is 4.46. The molecule has 5 nitrogen and oxygen atoms in total. The number of hydrogen-bond acceptors (Lipinski definition) is 4. The number of carbonyl (C=O) groups excluding carboxylic acids is 1. The molecule has 0 spiro atoms. The van der Waals surface area contributed by atoms with E-state index in [-0.39, 0.29) is 22.3 Å². The van der Waals surface area contributed by atoms with Crippen molar-refractivity contribution in [3.05, 3.63) is 46.3 Å². The number of nitrogens with zero attached hydrogens (tertiary/aromatic N) is 1. The van der Waals surface area contributed by atoms with Gasteiger partial charge in [-0.05, 0) is 42.5 Å². The fourth-order valence-corrected chi connectivity index (χ4v) is 5.85. The van der Waals surface area contributed by atoms with Gasteiger partial charge in [0.25, 0.3) is 10.0 Å². The van der Waals surface area contributed by atoms with E-state index in [1.807, 2.05) is 0 Å². The number of anilines is 1. The molecule has 1 N–H and O–H groups in total. The minimum absolute atomic E-state index is 0.0823. The average molecular weight is 453 g/mol. The van der Waals surface area contributed by atoms with Crippen molar-refractivity contribution in [3.63, 3.8) is 0 Å². The van der Waals surface area contributed by atoms with Crippen LogP contribution in [0.5, 0.6) is 0 Å². The second-order valence-corrected chi connectivity index (χ2v) is 9.86. The summed E-state index contributed by atoms with van der Waals surface area (Å²) in [6.45, 7) is 0.180.